The maximum atomic E-state index is 4.36. The Kier molecular flexibility index (Phi) is 4.53. The minimum Gasteiger partial charge on any atom is -0.333 e. The van der Waals surface area contributed by atoms with Crippen molar-refractivity contribution in [2.45, 2.75) is 13.1 Å². The summed E-state index contributed by atoms with van der Waals surface area (Å²) in [4.78, 5) is 9.28. The normalized spacial score (nSPS) is 18.7. The molecule has 0 radical (unpaired) electrons. The molecule has 0 unspecified atom stereocenters. The van der Waals surface area contributed by atoms with Crippen molar-refractivity contribution in [2.24, 2.45) is 0 Å². The van der Waals surface area contributed by atoms with Gasteiger partial charge < -0.3 is 14.8 Å². The highest BCUT2D eigenvalue weighted by atomic mass is 15.3. The molecule has 1 N–H and O–H groups in total. The van der Waals surface area contributed by atoms with E-state index in [2.05, 4.69) is 37.9 Å². The van der Waals surface area contributed by atoms with Crippen molar-refractivity contribution in [3.63, 3.8) is 0 Å². The summed E-state index contributed by atoms with van der Waals surface area (Å²) < 4.78 is 2.24. The zero-order valence-electron chi connectivity index (χ0n) is 10.9. The monoisotopic (exact) mass is 237 g/mol. The van der Waals surface area contributed by atoms with Crippen LogP contribution in [-0.2, 0) is 13.1 Å². The van der Waals surface area contributed by atoms with E-state index < -0.39 is 0 Å². The molecule has 1 fully saturated rings. The fourth-order valence-corrected chi connectivity index (χ4v) is 2.19. The number of aromatic nitrogens is 2. The molecule has 2 rings (SSSR count). The highest BCUT2D eigenvalue weighted by molar-refractivity contribution is 4.92. The van der Waals surface area contributed by atoms with E-state index in [0.29, 0.717) is 0 Å². The van der Waals surface area contributed by atoms with Gasteiger partial charge in [-0.25, -0.2) is 4.98 Å². The summed E-state index contributed by atoms with van der Waals surface area (Å²) in [5.74, 6) is 1.13. The molecular formula is C12H23N5. The van der Waals surface area contributed by atoms with E-state index in [4.69, 9.17) is 0 Å². The van der Waals surface area contributed by atoms with Gasteiger partial charge in [0.15, 0.2) is 0 Å². The van der Waals surface area contributed by atoms with Gasteiger partial charge in [-0.3, -0.25) is 4.90 Å². The predicted molar refractivity (Wildman–Crippen MR) is 68.9 cm³/mol. The third kappa shape index (κ3) is 3.52. The van der Waals surface area contributed by atoms with Gasteiger partial charge in [0.25, 0.3) is 0 Å². The molecule has 0 saturated carbocycles. The number of nitrogens with one attached hydrogen (secondary N) is 1. The summed E-state index contributed by atoms with van der Waals surface area (Å²) in [6.07, 6.45) is 3.96. The van der Waals surface area contributed by atoms with Crippen LogP contribution in [0.2, 0.25) is 0 Å². The molecule has 0 amide bonds. The summed E-state index contributed by atoms with van der Waals surface area (Å²) in [6, 6.07) is 0. The number of hydrogen-bond donors (Lipinski definition) is 1. The molecule has 17 heavy (non-hydrogen) atoms. The van der Waals surface area contributed by atoms with Crippen LogP contribution < -0.4 is 5.32 Å². The zero-order chi connectivity index (χ0) is 12.1. The van der Waals surface area contributed by atoms with Crippen LogP contribution in [0.5, 0.6) is 0 Å². The van der Waals surface area contributed by atoms with Gasteiger partial charge in [-0.15, -0.1) is 0 Å². The van der Waals surface area contributed by atoms with Gasteiger partial charge in [0, 0.05) is 51.7 Å². The topological polar surface area (TPSA) is 36.3 Å². The zero-order valence-corrected chi connectivity index (χ0v) is 10.9. The maximum Gasteiger partial charge on any atom is 0.122 e. The van der Waals surface area contributed by atoms with Gasteiger partial charge in [0.2, 0.25) is 0 Å². The van der Waals surface area contributed by atoms with E-state index in [0.717, 1.165) is 25.5 Å². The van der Waals surface area contributed by atoms with Gasteiger partial charge >= 0.3 is 0 Å². The lowest BCUT2D eigenvalue weighted by atomic mass is 10.3. The lowest BCUT2D eigenvalue weighted by molar-refractivity contribution is 0.149. The molecule has 1 aliphatic heterocycles. The van der Waals surface area contributed by atoms with Crippen molar-refractivity contribution in [2.75, 3.05) is 46.8 Å². The van der Waals surface area contributed by atoms with Crippen molar-refractivity contribution in [1.29, 1.82) is 0 Å². The van der Waals surface area contributed by atoms with Crippen molar-refractivity contribution in [3.8, 4) is 0 Å². The van der Waals surface area contributed by atoms with Crippen molar-refractivity contribution in [1.82, 2.24) is 24.7 Å². The van der Waals surface area contributed by atoms with Crippen molar-refractivity contribution >= 4 is 0 Å². The average molecular weight is 237 g/mol. The number of likely N-dealkylation sites (N-methyl/N-ethyl adjacent to an activating group) is 1. The van der Waals surface area contributed by atoms with Crippen molar-refractivity contribution < 1.29 is 0 Å². The summed E-state index contributed by atoms with van der Waals surface area (Å²) in [6.45, 7) is 7.76. The van der Waals surface area contributed by atoms with Gasteiger partial charge in [-0.05, 0) is 14.1 Å². The van der Waals surface area contributed by atoms with Crippen LogP contribution in [-0.4, -0.2) is 66.2 Å². The van der Waals surface area contributed by atoms with Crippen LogP contribution in [0, 0.1) is 0 Å². The van der Waals surface area contributed by atoms with Crippen LogP contribution in [0.1, 0.15) is 5.82 Å². The molecule has 0 aromatic carbocycles. The van der Waals surface area contributed by atoms with E-state index in [1.807, 2.05) is 13.2 Å². The summed E-state index contributed by atoms with van der Waals surface area (Å²) in [7, 11) is 4.15. The predicted octanol–water partition coefficient (Wildman–Crippen LogP) is -0.150. The molecule has 5 heteroatoms. The summed E-state index contributed by atoms with van der Waals surface area (Å²) in [5, 5.41) is 3.15. The SMILES string of the molecule is CNCc1nccn1CCN1CCN(C)CC1. The van der Waals surface area contributed by atoms with Gasteiger partial charge in [0.1, 0.15) is 5.82 Å². The van der Waals surface area contributed by atoms with Crippen LogP contribution in [0.15, 0.2) is 12.4 Å². The van der Waals surface area contributed by atoms with E-state index in [9.17, 15) is 0 Å². The Morgan fingerprint density at radius 3 is 2.71 bits per heavy atom. The highest BCUT2D eigenvalue weighted by Gasteiger charge is 2.13. The van der Waals surface area contributed by atoms with Crippen molar-refractivity contribution in [3.05, 3.63) is 18.2 Å². The van der Waals surface area contributed by atoms with E-state index in [-0.39, 0.29) is 0 Å². The Labute approximate surface area is 103 Å². The quantitative estimate of drug-likeness (QED) is 0.773. The van der Waals surface area contributed by atoms with Crippen LogP contribution in [0.25, 0.3) is 0 Å². The molecule has 1 aliphatic rings. The molecule has 2 heterocycles. The molecule has 5 nitrogen and oxygen atoms in total. The third-order valence-corrected chi connectivity index (χ3v) is 3.39. The minimum absolute atomic E-state index is 0.843. The molecule has 0 spiro atoms. The molecule has 96 valence electrons. The second-order valence-corrected chi connectivity index (χ2v) is 4.71. The average Bonchev–Trinajstić information content (AvgIpc) is 2.77. The first-order valence-corrected chi connectivity index (χ1v) is 6.35. The molecule has 1 aromatic rings. The second kappa shape index (κ2) is 6.14. The highest BCUT2D eigenvalue weighted by Crippen LogP contribution is 2.02. The molecule has 0 aliphatic carbocycles. The molecule has 1 aromatic heterocycles. The second-order valence-electron chi connectivity index (χ2n) is 4.71. The first-order chi connectivity index (χ1) is 8.29. The van der Waals surface area contributed by atoms with Gasteiger partial charge in [-0.1, -0.05) is 0 Å². The number of piperazine rings is 1. The lowest BCUT2D eigenvalue weighted by Crippen LogP contribution is -2.45. The Morgan fingerprint density at radius 1 is 1.24 bits per heavy atom. The Bertz CT molecular complexity index is 327. The van der Waals surface area contributed by atoms with E-state index >= 15 is 0 Å². The largest absolute Gasteiger partial charge is 0.333 e. The number of imidazole rings is 1. The summed E-state index contributed by atoms with van der Waals surface area (Å²) in [5.41, 5.74) is 0. The van der Waals surface area contributed by atoms with Gasteiger partial charge in [-0.2, -0.15) is 0 Å². The third-order valence-electron chi connectivity index (χ3n) is 3.39. The smallest absolute Gasteiger partial charge is 0.122 e. The van der Waals surface area contributed by atoms with E-state index in [1.165, 1.54) is 26.2 Å². The molecule has 1 saturated heterocycles. The first kappa shape index (κ1) is 12.5. The Balaban J connectivity index is 1.79. The van der Waals surface area contributed by atoms with Crippen LogP contribution in [0.4, 0.5) is 0 Å². The summed E-state index contributed by atoms with van der Waals surface area (Å²) >= 11 is 0. The Hall–Kier alpha value is -0.910. The minimum atomic E-state index is 0.843. The number of rotatable bonds is 5. The number of nitrogens with zero attached hydrogens (tertiary/aromatic N) is 4. The van der Waals surface area contributed by atoms with Gasteiger partial charge in [0.05, 0.1) is 6.54 Å². The van der Waals surface area contributed by atoms with Crippen LogP contribution in [0.3, 0.4) is 0 Å². The molecular weight excluding hydrogens is 214 g/mol. The van der Waals surface area contributed by atoms with Crippen LogP contribution >= 0.6 is 0 Å². The Morgan fingerprint density at radius 2 is 2.00 bits per heavy atom. The maximum absolute atomic E-state index is 4.36. The standard InChI is InChI=1S/C12H23N5/c1-13-11-12-14-3-4-17(12)10-9-16-7-5-15(2)6-8-16/h3-4,13H,5-11H2,1-2H3. The fourth-order valence-electron chi connectivity index (χ4n) is 2.19. The number of hydrogen-bond acceptors (Lipinski definition) is 4. The molecule has 0 bridgehead atoms. The van der Waals surface area contributed by atoms with E-state index in [1.54, 1.807) is 0 Å². The first-order valence-electron chi connectivity index (χ1n) is 6.35. The lowest BCUT2D eigenvalue weighted by Gasteiger charge is -2.32. The molecule has 0 atom stereocenters. The fraction of sp³-hybridized carbons (Fsp3) is 0.750.